The van der Waals surface area contributed by atoms with Gasteiger partial charge in [0.15, 0.2) is 0 Å². The number of rotatable bonds is 8. The molecule has 0 bridgehead atoms. The maximum Gasteiger partial charge on any atom is 0.209 e. The Bertz CT molecular complexity index is 288. The molecule has 0 saturated carbocycles. The third-order valence-electron chi connectivity index (χ3n) is 2.16. The molecule has 2 N–H and O–H groups in total. The summed E-state index contributed by atoms with van der Waals surface area (Å²) in [6, 6.07) is 0.255. The van der Waals surface area contributed by atoms with Gasteiger partial charge in [-0.25, -0.2) is 13.1 Å². The molecule has 16 heavy (non-hydrogen) atoms. The lowest BCUT2D eigenvalue weighted by molar-refractivity contribution is 0.161. The fourth-order valence-corrected chi connectivity index (χ4v) is 2.54. The second-order valence-electron chi connectivity index (χ2n) is 4.70. The van der Waals surface area contributed by atoms with Gasteiger partial charge in [-0.2, -0.15) is 0 Å². The quantitative estimate of drug-likeness (QED) is 0.653. The van der Waals surface area contributed by atoms with Gasteiger partial charge in [-0.15, -0.1) is 0 Å². The molecule has 0 fully saturated rings. The Balaban J connectivity index is 4.16. The van der Waals surface area contributed by atoms with Crippen molar-refractivity contribution < 1.29 is 13.2 Å². The van der Waals surface area contributed by atoms with Crippen LogP contribution in [0.25, 0.3) is 0 Å². The van der Waals surface area contributed by atoms with Gasteiger partial charge >= 0.3 is 0 Å². The summed E-state index contributed by atoms with van der Waals surface area (Å²) >= 11 is 0. The molecular formula is C10H24N2O3S. The van der Waals surface area contributed by atoms with Crippen LogP contribution in [0.1, 0.15) is 27.2 Å². The van der Waals surface area contributed by atoms with Crippen LogP contribution >= 0.6 is 0 Å². The first-order valence-electron chi connectivity index (χ1n) is 5.41. The zero-order chi connectivity index (χ0) is 12.8. The molecule has 0 saturated heterocycles. The highest BCUT2D eigenvalue weighted by molar-refractivity contribution is 7.88. The van der Waals surface area contributed by atoms with Crippen molar-refractivity contribution in [3.05, 3.63) is 0 Å². The molecule has 0 amide bonds. The largest absolute Gasteiger partial charge is 0.383 e. The molecule has 0 spiro atoms. The van der Waals surface area contributed by atoms with Crippen LogP contribution in [0.15, 0.2) is 0 Å². The second-order valence-corrected chi connectivity index (χ2v) is 6.45. The summed E-state index contributed by atoms with van der Waals surface area (Å²) < 4.78 is 29.9. The van der Waals surface area contributed by atoms with Crippen molar-refractivity contribution in [1.82, 2.24) is 10.0 Å². The highest BCUT2D eigenvalue weighted by Crippen LogP contribution is 2.03. The molecule has 0 rings (SSSR count). The van der Waals surface area contributed by atoms with Gasteiger partial charge in [-0.3, -0.25) is 0 Å². The summed E-state index contributed by atoms with van der Waals surface area (Å²) in [6.45, 7) is 6.96. The molecule has 0 aliphatic rings. The van der Waals surface area contributed by atoms with E-state index in [1.54, 1.807) is 7.11 Å². The van der Waals surface area contributed by atoms with Crippen molar-refractivity contribution in [2.75, 3.05) is 26.5 Å². The second kappa shape index (κ2) is 6.54. The number of methoxy groups -OCH3 is 1. The molecule has 0 aromatic carbocycles. The molecule has 0 radical (unpaired) electrons. The number of nitrogens with one attached hydrogen (secondary N) is 2. The Hall–Kier alpha value is -0.170. The van der Waals surface area contributed by atoms with Crippen LogP contribution in [0, 0.1) is 0 Å². The van der Waals surface area contributed by atoms with E-state index in [2.05, 4.69) is 17.0 Å². The predicted octanol–water partition coefficient (Wildman–Crippen LogP) is 0.329. The van der Waals surface area contributed by atoms with Gasteiger partial charge in [-0.1, -0.05) is 6.92 Å². The predicted molar refractivity (Wildman–Crippen MR) is 66.0 cm³/mol. The number of hydrogen-bond donors (Lipinski definition) is 2. The van der Waals surface area contributed by atoms with E-state index in [0.29, 0.717) is 13.2 Å². The minimum absolute atomic E-state index is 0.255. The van der Waals surface area contributed by atoms with Crippen LogP contribution in [0.3, 0.4) is 0 Å². The average Bonchev–Trinajstić information content (AvgIpc) is 2.08. The van der Waals surface area contributed by atoms with Gasteiger partial charge < -0.3 is 10.1 Å². The first-order valence-corrected chi connectivity index (χ1v) is 7.30. The molecule has 98 valence electrons. The number of hydrogen-bond acceptors (Lipinski definition) is 4. The van der Waals surface area contributed by atoms with Crippen LogP contribution in [0.2, 0.25) is 0 Å². The Kier molecular flexibility index (Phi) is 6.47. The zero-order valence-electron chi connectivity index (χ0n) is 10.8. The van der Waals surface area contributed by atoms with Crippen LogP contribution in [0.4, 0.5) is 0 Å². The van der Waals surface area contributed by atoms with Crippen molar-refractivity contribution in [2.45, 2.75) is 38.8 Å². The first-order chi connectivity index (χ1) is 7.20. The van der Waals surface area contributed by atoms with Crippen molar-refractivity contribution in [3.8, 4) is 0 Å². The highest BCUT2D eigenvalue weighted by Gasteiger charge is 2.22. The van der Waals surface area contributed by atoms with Gasteiger partial charge in [0, 0.05) is 25.2 Å². The summed E-state index contributed by atoms with van der Waals surface area (Å²) in [7, 11) is -1.51. The summed E-state index contributed by atoms with van der Waals surface area (Å²) in [5.74, 6) is 0. The summed E-state index contributed by atoms with van der Waals surface area (Å²) in [5.41, 5.74) is -0.491. The van der Waals surface area contributed by atoms with E-state index in [1.165, 1.54) is 6.26 Å². The lowest BCUT2D eigenvalue weighted by atomic mass is 10.1. The van der Waals surface area contributed by atoms with Crippen LogP contribution in [0.5, 0.6) is 0 Å². The molecule has 0 aromatic rings. The average molecular weight is 252 g/mol. The van der Waals surface area contributed by atoms with Gasteiger partial charge in [-0.05, 0) is 20.3 Å². The molecular weight excluding hydrogens is 228 g/mol. The minimum Gasteiger partial charge on any atom is -0.383 e. The molecule has 5 nitrogen and oxygen atoms in total. The fourth-order valence-electron chi connectivity index (χ4n) is 1.46. The van der Waals surface area contributed by atoms with Crippen molar-refractivity contribution in [2.24, 2.45) is 0 Å². The van der Waals surface area contributed by atoms with Gasteiger partial charge in [0.25, 0.3) is 0 Å². The smallest absolute Gasteiger partial charge is 0.209 e. The maximum absolute atomic E-state index is 11.1. The van der Waals surface area contributed by atoms with Crippen LogP contribution in [-0.4, -0.2) is 46.5 Å². The third-order valence-corrected chi connectivity index (χ3v) is 3.08. The Labute approximate surface area is 99.0 Å². The molecule has 0 aliphatic carbocycles. The van der Waals surface area contributed by atoms with E-state index in [-0.39, 0.29) is 6.04 Å². The van der Waals surface area contributed by atoms with Gasteiger partial charge in [0.1, 0.15) is 0 Å². The van der Waals surface area contributed by atoms with Crippen molar-refractivity contribution in [3.63, 3.8) is 0 Å². The normalized spacial score (nSPS) is 15.1. The van der Waals surface area contributed by atoms with Crippen molar-refractivity contribution >= 4 is 10.0 Å². The van der Waals surface area contributed by atoms with Crippen LogP contribution < -0.4 is 10.0 Å². The Morgan fingerprint density at radius 1 is 1.38 bits per heavy atom. The van der Waals surface area contributed by atoms with E-state index in [0.717, 1.165) is 6.42 Å². The SMILES string of the molecule is CCC(COC)NCC(C)(C)NS(C)(=O)=O. The molecule has 1 atom stereocenters. The van der Waals surface area contributed by atoms with E-state index in [9.17, 15) is 8.42 Å². The lowest BCUT2D eigenvalue weighted by Gasteiger charge is -2.28. The standard InChI is InChI=1S/C10H24N2O3S/c1-6-9(7-15-4)11-8-10(2,3)12-16(5,13)14/h9,11-12H,6-8H2,1-5H3. The number of ether oxygens (including phenoxy) is 1. The van der Waals surface area contributed by atoms with E-state index < -0.39 is 15.6 Å². The van der Waals surface area contributed by atoms with Crippen LogP contribution in [-0.2, 0) is 14.8 Å². The monoisotopic (exact) mass is 252 g/mol. The summed E-state index contributed by atoms with van der Waals surface area (Å²) in [4.78, 5) is 0. The topological polar surface area (TPSA) is 67.4 Å². The summed E-state index contributed by atoms with van der Waals surface area (Å²) in [6.07, 6.45) is 2.12. The maximum atomic E-state index is 11.1. The lowest BCUT2D eigenvalue weighted by Crippen LogP contribution is -2.52. The summed E-state index contributed by atoms with van der Waals surface area (Å²) in [5, 5.41) is 3.28. The number of sulfonamides is 1. The minimum atomic E-state index is -3.17. The fraction of sp³-hybridized carbons (Fsp3) is 1.00. The molecule has 6 heteroatoms. The first kappa shape index (κ1) is 15.8. The van der Waals surface area contributed by atoms with E-state index >= 15 is 0 Å². The highest BCUT2D eigenvalue weighted by atomic mass is 32.2. The third kappa shape index (κ3) is 8.04. The zero-order valence-corrected chi connectivity index (χ0v) is 11.6. The van der Waals surface area contributed by atoms with E-state index in [4.69, 9.17) is 4.74 Å². The molecule has 0 heterocycles. The molecule has 1 unspecified atom stereocenters. The Morgan fingerprint density at radius 3 is 2.31 bits per heavy atom. The molecule has 0 aliphatic heterocycles. The molecule has 0 aromatic heterocycles. The van der Waals surface area contributed by atoms with Gasteiger partial charge in [0.2, 0.25) is 10.0 Å². The Morgan fingerprint density at radius 2 is 1.94 bits per heavy atom. The van der Waals surface area contributed by atoms with Gasteiger partial charge in [0.05, 0.1) is 12.9 Å². The van der Waals surface area contributed by atoms with Crippen molar-refractivity contribution in [1.29, 1.82) is 0 Å². The van der Waals surface area contributed by atoms with E-state index in [1.807, 2.05) is 13.8 Å².